The van der Waals surface area contributed by atoms with Gasteiger partial charge in [0.1, 0.15) is 5.75 Å². The number of benzene rings is 1. The average molecular weight is 377 g/mol. The van der Waals surface area contributed by atoms with E-state index in [1.165, 1.54) is 12.8 Å². The number of likely N-dealkylation sites (N-methyl/N-ethyl adjacent to an activating group) is 1. The number of aliphatic hydroxyl groups excluding tert-OH is 1. The van der Waals surface area contributed by atoms with Gasteiger partial charge in [0.05, 0.1) is 18.8 Å². The molecular weight excluding hydrogens is 340 g/mol. The second-order valence-corrected chi connectivity index (χ2v) is 7.72. The normalized spacial score (nSPS) is 17.1. The molecular formula is C21H36N4O2. The maximum Gasteiger partial charge on any atom is 0.191 e. The molecule has 0 aromatic heterocycles. The lowest BCUT2D eigenvalue weighted by Gasteiger charge is -2.23. The summed E-state index contributed by atoms with van der Waals surface area (Å²) >= 11 is 0. The molecule has 152 valence electrons. The molecule has 1 aromatic rings. The van der Waals surface area contributed by atoms with Crippen LogP contribution in [0, 0.1) is 5.92 Å². The van der Waals surface area contributed by atoms with Gasteiger partial charge >= 0.3 is 0 Å². The Balaban J connectivity index is 1.93. The van der Waals surface area contributed by atoms with Crippen molar-refractivity contribution in [3.8, 4) is 5.75 Å². The first-order valence-corrected chi connectivity index (χ1v) is 10.0. The van der Waals surface area contributed by atoms with Crippen molar-refractivity contribution in [3.63, 3.8) is 0 Å². The summed E-state index contributed by atoms with van der Waals surface area (Å²) in [6, 6.07) is 8.11. The Bertz CT molecular complexity index is 598. The fourth-order valence-corrected chi connectivity index (χ4v) is 3.12. The first-order chi connectivity index (χ1) is 12.9. The van der Waals surface area contributed by atoms with E-state index in [1.54, 1.807) is 0 Å². The van der Waals surface area contributed by atoms with Gasteiger partial charge in [-0.2, -0.15) is 0 Å². The van der Waals surface area contributed by atoms with Gasteiger partial charge in [0.15, 0.2) is 5.96 Å². The highest BCUT2D eigenvalue weighted by atomic mass is 16.5. The number of nitrogens with one attached hydrogen (secondary N) is 2. The number of nitrogens with zero attached hydrogens (tertiary/aromatic N) is 2. The summed E-state index contributed by atoms with van der Waals surface area (Å²) in [5.41, 5.74) is 0.834. The van der Waals surface area contributed by atoms with Crippen LogP contribution in [0.5, 0.6) is 5.75 Å². The molecule has 0 spiro atoms. The van der Waals surface area contributed by atoms with Crippen molar-refractivity contribution in [2.24, 2.45) is 10.9 Å². The molecule has 1 fully saturated rings. The third kappa shape index (κ3) is 7.39. The molecule has 1 aliphatic carbocycles. The Morgan fingerprint density at radius 2 is 2.04 bits per heavy atom. The zero-order valence-corrected chi connectivity index (χ0v) is 17.4. The van der Waals surface area contributed by atoms with Gasteiger partial charge < -0.3 is 25.4 Å². The lowest BCUT2D eigenvalue weighted by atomic mass is 10.1. The third-order valence-corrected chi connectivity index (χ3v) is 4.69. The lowest BCUT2D eigenvalue weighted by molar-refractivity contribution is 0.179. The van der Waals surface area contributed by atoms with Crippen LogP contribution in [0.3, 0.4) is 0 Å². The van der Waals surface area contributed by atoms with Gasteiger partial charge in [-0.25, -0.2) is 0 Å². The largest absolute Gasteiger partial charge is 0.491 e. The van der Waals surface area contributed by atoms with E-state index in [0.717, 1.165) is 36.3 Å². The van der Waals surface area contributed by atoms with Gasteiger partial charge in [-0.3, -0.25) is 4.99 Å². The van der Waals surface area contributed by atoms with E-state index in [9.17, 15) is 5.11 Å². The van der Waals surface area contributed by atoms with Gasteiger partial charge in [0.2, 0.25) is 0 Å². The van der Waals surface area contributed by atoms with Crippen molar-refractivity contribution in [1.29, 1.82) is 0 Å². The van der Waals surface area contributed by atoms with E-state index in [0.29, 0.717) is 12.6 Å². The van der Waals surface area contributed by atoms with Crippen molar-refractivity contribution in [3.05, 3.63) is 29.8 Å². The Kier molecular flexibility index (Phi) is 8.38. The predicted molar refractivity (Wildman–Crippen MR) is 111 cm³/mol. The van der Waals surface area contributed by atoms with Crippen molar-refractivity contribution in [2.45, 2.75) is 51.9 Å². The van der Waals surface area contributed by atoms with Crippen LogP contribution >= 0.6 is 0 Å². The molecule has 6 heteroatoms. The van der Waals surface area contributed by atoms with Crippen LogP contribution in [0.4, 0.5) is 0 Å². The average Bonchev–Trinajstić information content (AvgIpc) is 3.43. The highest BCUT2D eigenvalue weighted by Crippen LogP contribution is 2.34. The second kappa shape index (κ2) is 10.5. The smallest absolute Gasteiger partial charge is 0.191 e. The minimum Gasteiger partial charge on any atom is -0.491 e. The summed E-state index contributed by atoms with van der Waals surface area (Å²) in [7, 11) is 4.24. The van der Waals surface area contributed by atoms with Gasteiger partial charge in [-0.05, 0) is 71.3 Å². The van der Waals surface area contributed by atoms with Crippen molar-refractivity contribution in [1.82, 2.24) is 15.5 Å². The number of ether oxygens (including phenoxy) is 1. The molecule has 2 atom stereocenters. The number of guanidine groups is 1. The molecule has 0 aliphatic heterocycles. The Hall–Kier alpha value is -1.79. The molecule has 1 aliphatic rings. The molecule has 2 rings (SSSR count). The topological polar surface area (TPSA) is 69.1 Å². The first-order valence-electron chi connectivity index (χ1n) is 10.0. The van der Waals surface area contributed by atoms with Gasteiger partial charge in [0.25, 0.3) is 0 Å². The fourth-order valence-electron chi connectivity index (χ4n) is 3.12. The van der Waals surface area contributed by atoms with Crippen molar-refractivity contribution >= 4 is 5.96 Å². The van der Waals surface area contributed by atoms with E-state index in [1.807, 2.05) is 45.0 Å². The number of hydrogen-bond donors (Lipinski definition) is 3. The quantitative estimate of drug-likeness (QED) is 0.432. The Labute approximate surface area is 164 Å². The van der Waals surface area contributed by atoms with Crippen LogP contribution < -0.4 is 15.4 Å². The maximum atomic E-state index is 10.6. The summed E-state index contributed by atoms with van der Waals surface area (Å²) < 4.78 is 5.71. The summed E-state index contributed by atoms with van der Waals surface area (Å²) in [5, 5.41) is 17.1. The van der Waals surface area contributed by atoms with Gasteiger partial charge in [-0.1, -0.05) is 12.1 Å². The molecule has 3 N–H and O–H groups in total. The highest BCUT2D eigenvalue weighted by Gasteiger charge is 2.32. The van der Waals surface area contributed by atoms with Crippen LogP contribution in [0.1, 0.15) is 45.3 Å². The number of rotatable bonds is 10. The van der Waals surface area contributed by atoms with Crippen LogP contribution in [0.2, 0.25) is 0 Å². The summed E-state index contributed by atoms with van der Waals surface area (Å²) in [6.45, 7) is 7.98. The zero-order valence-electron chi connectivity index (χ0n) is 17.4. The summed E-state index contributed by atoms with van der Waals surface area (Å²) in [6.07, 6.45) is 2.09. The molecule has 1 aromatic carbocycles. The van der Waals surface area contributed by atoms with Crippen LogP contribution in [0.25, 0.3) is 0 Å². The fraction of sp³-hybridized carbons (Fsp3) is 0.667. The monoisotopic (exact) mass is 376 g/mol. The summed E-state index contributed by atoms with van der Waals surface area (Å²) in [4.78, 5) is 7.00. The predicted octanol–water partition coefficient (Wildman–Crippen LogP) is 2.40. The SMILES string of the molecule is CCNC(=NCC(C1CC1)N(C)C)NCC(O)c1cccc(OC(C)C)c1. The Morgan fingerprint density at radius 1 is 1.30 bits per heavy atom. The van der Waals surface area contributed by atoms with Gasteiger partial charge in [0, 0.05) is 19.1 Å². The zero-order chi connectivity index (χ0) is 19.8. The molecule has 0 heterocycles. The third-order valence-electron chi connectivity index (χ3n) is 4.69. The van der Waals surface area contributed by atoms with Crippen LogP contribution in [-0.2, 0) is 0 Å². The van der Waals surface area contributed by atoms with E-state index in [4.69, 9.17) is 9.73 Å². The van der Waals surface area contributed by atoms with Crippen LogP contribution in [0.15, 0.2) is 29.3 Å². The van der Waals surface area contributed by atoms with E-state index < -0.39 is 6.10 Å². The molecule has 27 heavy (non-hydrogen) atoms. The van der Waals surface area contributed by atoms with E-state index in [2.05, 4.69) is 29.6 Å². The number of hydrogen-bond acceptors (Lipinski definition) is 4. The minimum atomic E-state index is -0.627. The minimum absolute atomic E-state index is 0.110. The standard InChI is InChI=1S/C21H36N4O2/c1-6-22-21(23-13-19(25(4)5)16-10-11-16)24-14-20(26)17-8-7-9-18(12-17)27-15(2)3/h7-9,12,15-16,19-20,26H,6,10-11,13-14H2,1-5H3,(H2,22,23,24). The lowest BCUT2D eigenvalue weighted by Crippen LogP contribution is -2.41. The maximum absolute atomic E-state index is 10.6. The van der Waals surface area contributed by atoms with Crippen LogP contribution in [-0.4, -0.2) is 61.8 Å². The van der Waals surface area contributed by atoms with E-state index >= 15 is 0 Å². The first kappa shape index (κ1) is 21.5. The van der Waals surface area contributed by atoms with E-state index in [-0.39, 0.29) is 6.10 Å². The molecule has 0 saturated heterocycles. The molecule has 1 saturated carbocycles. The number of aliphatic imine (C=N–C) groups is 1. The van der Waals surface area contributed by atoms with Crippen molar-refractivity contribution in [2.75, 3.05) is 33.7 Å². The number of aliphatic hydroxyl groups is 1. The highest BCUT2D eigenvalue weighted by molar-refractivity contribution is 5.79. The Morgan fingerprint density at radius 3 is 2.63 bits per heavy atom. The van der Waals surface area contributed by atoms with Gasteiger partial charge in [-0.15, -0.1) is 0 Å². The molecule has 6 nitrogen and oxygen atoms in total. The van der Waals surface area contributed by atoms with Crippen molar-refractivity contribution < 1.29 is 9.84 Å². The summed E-state index contributed by atoms with van der Waals surface area (Å²) in [5.74, 6) is 2.29. The molecule has 0 amide bonds. The molecule has 0 bridgehead atoms. The molecule has 0 radical (unpaired) electrons. The second-order valence-electron chi connectivity index (χ2n) is 7.72. The molecule has 2 unspecified atom stereocenters.